The van der Waals surface area contributed by atoms with Crippen LogP contribution in [0.5, 0.6) is 17.2 Å². The average Bonchev–Trinajstić information content (AvgIpc) is 3.27. The van der Waals surface area contributed by atoms with E-state index in [1.54, 1.807) is 14.2 Å². The number of likely N-dealkylation sites (tertiary alicyclic amines) is 1. The number of ether oxygens (including phenoxy) is 3. The van der Waals surface area contributed by atoms with Crippen LogP contribution in [0.3, 0.4) is 0 Å². The van der Waals surface area contributed by atoms with Crippen LogP contribution in [0.15, 0.2) is 47.6 Å². The zero-order chi connectivity index (χ0) is 21.4. The Hall–Kier alpha value is -2.73. The third-order valence-electron chi connectivity index (χ3n) is 6.80. The lowest BCUT2D eigenvalue weighted by atomic mass is 9.90. The van der Waals surface area contributed by atoms with Crippen molar-refractivity contribution >= 4 is 5.71 Å². The minimum absolute atomic E-state index is 0.185. The van der Waals surface area contributed by atoms with Gasteiger partial charge in [-0.3, -0.25) is 0 Å². The van der Waals surface area contributed by atoms with Gasteiger partial charge in [0.15, 0.2) is 0 Å². The Balaban J connectivity index is 1.53. The summed E-state index contributed by atoms with van der Waals surface area (Å²) in [4.78, 5) is 2.54. The molecule has 164 valence electrons. The van der Waals surface area contributed by atoms with Gasteiger partial charge in [0.05, 0.1) is 26.0 Å². The standard InChI is InChI=1S/C25H31N3O3/c1-4-13-27-14-11-25(12-15-27)28-22(20-7-5-6-8-23(20)31-25)17-21(26-28)19-10-9-18(29-2)16-24(19)30-3/h5-10,16,22H,4,11-15,17H2,1-3H3/t22-/m0/s1. The van der Waals surface area contributed by atoms with E-state index in [1.807, 2.05) is 12.1 Å². The SMILES string of the molecule is CCCN1CCC2(CC1)Oc1ccccc1[C@@H]1CC(c3ccc(OC)cc3OC)=NN12. The first-order valence-corrected chi connectivity index (χ1v) is 11.3. The second kappa shape index (κ2) is 8.08. The third-order valence-corrected chi connectivity index (χ3v) is 6.80. The molecule has 6 heteroatoms. The van der Waals surface area contributed by atoms with Crippen molar-refractivity contribution in [2.45, 2.75) is 44.4 Å². The molecule has 0 N–H and O–H groups in total. The minimum atomic E-state index is -0.384. The Kier molecular flexibility index (Phi) is 5.26. The van der Waals surface area contributed by atoms with Crippen molar-refractivity contribution in [3.05, 3.63) is 53.6 Å². The maximum absolute atomic E-state index is 6.72. The van der Waals surface area contributed by atoms with Gasteiger partial charge in [-0.1, -0.05) is 25.1 Å². The number of para-hydroxylation sites is 1. The van der Waals surface area contributed by atoms with Gasteiger partial charge in [-0.25, -0.2) is 5.01 Å². The Bertz CT molecular complexity index is 982. The maximum Gasteiger partial charge on any atom is 0.200 e. The summed E-state index contributed by atoms with van der Waals surface area (Å²) in [7, 11) is 3.37. The second-order valence-electron chi connectivity index (χ2n) is 8.61. The number of hydrazone groups is 1. The molecule has 5 rings (SSSR count). The topological polar surface area (TPSA) is 46.5 Å². The molecule has 1 fully saturated rings. The molecule has 0 amide bonds. The maximum atomic E-state index is 6.72. The van der Waals surface area contributed by atoms with Crippen molar-refractivity contribution in [2.75, 3.05) is 33.9 Å². The zero-order valence-corrected chi connectivity index (χ0v) is 18.6. The molecule has 31 heavy (non-hydrogen) atoms. The van der Waals surface area contributed by atoms with Crippen LogP contribution in [0.4, 0.5) is 0 Å². The molecule has 2 aromatic rings. The summed E-state index contributed by atoms with van der Waals surface area (Å²) in [5.41, 5.74) is 2.90. The van der Waals surface area contributed by atoms with E-state index < -0.39 is 0 Å². The fourth-order valence-corrected chi connectivity index (χ4v) is 5.20. The Morgan fingerprint density at radius 3 is 2.65 bits per heavy atom. The van der Waals surface area contributed by atoms with Crippen molar-refractivity contribution < 1.29 is 14.2 Å². The van der Waals surface area contributed by atoms with Gasteiger partial charge in [0, 0.05) is 49.5 Å². The monoisotopic (exact) mass is 421 g/mol. The number of hydrogen-bond acceptors (Lipinski definition) is 6. The van der Waals surface area contributed by atoms with Crippen LogP contribution in [0.25, 0.3) is 0 Å². The Morgan fingerprint density at radius 2 is 1.90 bits per heavy atom. The van der Waals surface area contributed by atoms with Gasteiger partial charge in [-0.2, -0.15) is 5.10 Å². The molecule has 0 radical (unpaired) electrons. The quantitative estimate of drug-likeness (QED) is 0.714. The highest BCUT2D eigenvalue weighted by molar-refractivity contribution is 6.04. The summed E-state index contributed by atoms with van der Waals surface area (Å²) in [6.45, 7) is 5.46. The molecular formula is C25H31N3O3. The highest BCUT2D eigenvalue weighted by atomic mass is 16.5. The molecule has 3 aliphatic heterocycles. The summed E-state index contributed by atoms with van der Waals surface area (Å²) in [6, 6.07) is 14.6. The average molecular weight is 422 g/mol. The van der Waals surface area contributed by atoms with Gasteiger partial charge < -0.3 is 19.1 Å². The van der Waals surface area contributed by atoms with E-state index >= 15 is 0 Å². The number of methoxy groups -OCH3 is 2. The molecule has 0 aromatic heterocycles. The van der Waals surface area contributed by atoms with Crippen molar-refractivity contribution in [3.63, 3.8) is 0 Å². The molecule has 3 aliphatic rings. The molecule has 0 unspecified atom stereocenters. The van der Waals surface area contributed by atoms with E-state index in [9.17, 15) is 0 Å². The lowest BCUT2D eigenvalue weighted by Gasteiger charge is -2.51. The van der Waals surface area contributed by atoms with Crippen LogP contribution in [-0.2, 0) is 0 Å². The van der Waals surface area contributed by atoms with Crippen LogP contribution < -0.4 is 14.2 Å². The summed E-state index contributed by atoms with van der Waals surface area (Å²) in [6.07, 6.45) is 3.93. The normalized spacial score (nSPS) is 21.8. The Morgan fingerprint density at radius 1 is 1.10 bits per heavy atom. The first kappa shape index (κ1) is 20.2. The fraction of sp³-hybridized carbons (Fsp3) is 0.480. The van der Waals surface area contributed by atoms with Gasteiger partial charge in [-0.15, -0.1) is 0 Å². The van der Waals surface area contributed by atoms with Crippen LogP contribution in [0.2, 0.25) is 0 Å². The predicted octanol–water partition coefficient (Wildman–Crippen LogP) is 4.45. The van der Waals surface area contributed by atoms with Crippen molar-refractivity contribution in [1.82, 2.24) is 9.91 Å². The lowest BCUT2D eigenvalue weighted by Crippen LogP contribution is -2.59. The number of fused-ring (bicyclic) bond motifs is 4. The van der Waals surface area contributed by atoms with Crippen LogP contribution >= 0.6 is 0 Å². The molecule has 0 saturated carbocycles. The lowest BCUT2D eigenvalue weighted by molar-refractivity contribution is -0.149. The van der Waals surface area contributed by atoms with Crippen molar-refractivity contribution in [3.8, 4) is 17.2 Å². The van der Waals surface area contributed by atoms with E-state index in [-0.39, 0.29) is 11.8 Å². The molecule has 0 aliphatic carbocycles. The first-order chi connectivity index (χ1) is 15.2. The molecule has 1 spiro atoms. The van der Waals surface area contributed by atoms with Gasteiger partial charge in [0.25, 0.3) is 0 Å². The van der Waals surface area contributed by atoms with E-state index in [0.29, 0.717) is 0 Å². The second-order valence-corrected chi connectivity index (χ2v) is 8.61. The molecule has 2 aromatic carbocycles. The third kappa shape index (κ3) is 3.43. The number of nitrogens with zero attached hydrogens (tertiary/aromatic N) is 3. The van der Waals surface area contributed by atoms with Crippen LogP contribution in [-0.4, -0.2) is 55.2 Å². The number of piperidine rings is 1. The number of rotatable bonds is 5. The Labute approximate surface area is 184 Å². The predicted molar refractivity (Wildman–Crippen MR) is 121 cm³/mol. The minimum Gasteiger partial charge on any atom is -0.497 e. The smallest absolute Gasteiger partial charge is 0.200 e. The summed E-state index contributed by atoms with van der Waals surface area (Å²) in [5.74, 6) is 2.58. The van der Waals surface area contributed by atoms with Crippen LogP contribution in [0.1, 0.15) is 49.8 Å². The first-order valence-electron chi connectivity index (χ1n) is 11.3. The van der Waals surface area contributed by atoms with E-state index in [4.69, 9.17) is 19.3 Å². The van der Waals surface area contributed by atoms with Gasteiger partial charge >= 0.3 is 0 Å². The molecule has 1 saturated heterocycles. The van der Waals surface area contributed by atoms with Gasteiger partial charge in [0.2, 0.25) is 5.72 Å². The molecular weight excluding hydrogens is 390 g/mol. The summed E-state index contributed by atoms with van der Waals surface area (Å²) >= 11 is 0. The fourth-order valence-electron chi connectivity index (χ4n) is 5.20. The van der Waals surface area contributed by atoms with Gasteiger partial charge in [-0.05, 0) is 31.2 Å². The highest BCUT2D eigenvalue weighted by Gasteiger charge is 2.51. The van der Waals surface area contributed by atoms with E-state index in [2.05, 4.69) is 47.2 Å². The van der Waals surface area contributed by atoms with Crippen LogP contribution in [0, 0.1) is 0 Å². The molecule has 1 atom stereocenters. The largest absolute Gasteiger partial charge is 0.497 e. The van der Waals surface area contributed by atoms with Gasteiger partial charge in [0.1, 0.15) is 17.2 Å². The molecule has 6 nitrogen and oxygen atoms in total. The summed E-state index contributed by atoms with van der Waals surface area (Å²) < 4.78 is 17.8. The van der Waals surface area contributed by atoms with Crippen molar-refractivity contribution in [1.29, 1.82) is 0 Å². The number of benzene rings is 2. The summed E-state index contributed by atoms with van der Waals surface area (Å²) in [5, 5.41) is 7.44. The molecule has 3 heterocycles. The zero-order valence-electron chi connectivity index (χ0n) is 18.6. The van der Waals surface area contributed by atoms with Crippen molar-refractivity contribution in [2.24, 2.45) is 5.10 Å². The van der Waals surface area contributed by atoms with E-state index in [1.165, 1.54) is 12.0 Å². The number of hydrogen-bond donors (Lipinski definition) is 0. The highest BCUT2D eigenvalue weighted by Crippen LogP contribution is 2.50. The molecule has 0 bridgehead atoms. The van der Waals surface area contributed by atoms with E-state index in [0.717, 1.165) is 67.4 Å².